The molecule has 0 radical (unpaired) electrons. The summed E-state index contributed by atoms with van der Waals surface area (Å²) in [4.78, 5) is 32.5. The number of allylic oxidation sites excluding steroid dienone is 2. The molecule has 252 valence electrons. The Morgan fingerprint density at radius 2 is 1.62 bits per heavy atom. The molecule has 5 heteroatoms. The largest absolute Gasteiger partial charge is 0.478 e. The summed E-state index contributed by atoms with van der Waals surface area (Å²) in [7, 11) is 2.04. The van der Waals surface area contributed by atoms with Gasteiger partial charge in [0.05, 0.1) is 11.0 Å². The molecule has 5 aliphatic rings. The van der Waals surface area contributed by atoms with Crippen molar-refractivity contribution >= 4 is 17.4 Å². The fourth-order valence-electron chi connectivity index (χ4n) is 13.1. The highest BCUT2D eigenvalue weighted by Crippen LogP contribution is 2.77. The van der Waals surface area contributed by atoms with Gasteiger partial charge < -0.3 is 10.0 Å². The van der Waals surface area contributed by atoms with Crippen molar-refractivity contribution in [3.63, 3.8) is 0 Å². The van der Waals surface area contributed by atoms with E-state index in [1.54, 1.807) is 12.1 Å². The predicted molar refractivity (Wildman–Crippen MR) is 188 cm³/mol. The smallest absolute Gasteiger partial charge is 0.335 e. The molecule has 0 spiro atoms. The number of carboxylic acid groups (broad SMARTS) is 1. The van der Waals surface area contributed by atoms with Gasteiger partial charge >= 0.3 is 5.97 Å². The van der Waals surface area contributed by atoms with Crippen molar-refractivity contribution in [2.24, 2.45) is 50.7 Å². The van der Waals surface area contributed by atoms with Gasteiger partial charge in [-0.25, -0.2) is 4.79 Å². The lowest BCUT2D eigenvalue weighted by Crippen LogP contribution is -2.65. The standard InChI is InChI=1S/C42H56N2O3/c1-38(2)31(28-12-14-29(15-13-28)36(45)46)18-22-39(3)34(38)19-23-41(5)35(39)17-16-32-33-11-9-21-42(33,25-24-40(32,41)4)37(47)44(6)27-20-30-10-7-8-26-43-30/h7-8,10,12-15,18,26,32-35H,9,11,16-17,19-25,27H2,1-6H3,(H,45,46)/t32?,33?,34?,35?,39?,40-,41?,42?/m1/s1. The zero-order chi connectivity index (χ0) is 33.4. The fraction of sp³-hybridized carbons (Fsp3) is 0.643. The van der Waals surface area contributed by atoms with E-state index in [1.807, 2.05) is 37.5 Å². The average molecular weight is 637 g/mol. The van der Waals surface area contributed by atoms with Crippen molar-refractivity contribution in [2.45, 2.75) is 105 Å². The molecule has 1 heterocycles. The first-order valence-electron chi connectivity index (χ1n) is 18.5. The summed E-state index contributed by atoms with van der Waals surface area (Å²) in [5.41, 5.74) is 4.52. The van der Waals surface area contributed by atoms with Gasteiger partial charge in [0.15, 0.2) is 0 Å². The van der Waals surface area contributed by atoms with Gasteiger partial charge in [-0.05, 0) is 139 Å². The lowest BCUT2D eigenvalue weighted by molar-refractivity contribution is -0.223. The van der Waals surface area contributed by atoms with Gasteiger partial charge in [-0.1, -0.05) is 65.3 Å². The van der Waals surface area contributed by atoms with Gasteiger partial charge in [-0.15, -0.1) is 0 Å². The molecule has 2 aromatic rings. The van der Waals surface area contributed by atoms with Gasteiger partial charge in [0.25, 0.3) is 0 Å². The summed E-state index contributed by atoms with van der Waals surface area (Å²) in [5.74, 6) is 1.89. The van der Waals surface area contributed by atoms with Crippen LogP contribution in [0.15, 0.2) is 54.7 Å². The second kappa shape index (κ2) is 11.3. The molecule has 0 bridgehead atoms. The van der Waals surface area contributed by atoms with E-state index in [9.17, 15) is 14.7 Å². The number of aromatic carboxylic acids is 1. The van der Waals surface area contributed by atoms with Crippen molar-refractivity contribution in [3.05, 3.63) is 71.6 Å². The second-order valence-electron chi connectivity index (χ2n) is 17.5. The number of hydrogen-bond donors (Lipinski definition) is 1. The maximum absolute atomic E-state index is 14.4. The van der Waals surface area contributed by atoms with Gasteiger partial charge in [-0.2, -0.15) is 0 Å². The zero-order valence-electron chi connectivity index (χ0n) is 29.6. The van der Waals surface area contributed by atoms with Crippen molar-refractivity contribution in [2.75, 3.05) is 13.6 Å². The molecule has 4 fully saturated rings. The van der Waals surface area contributed by atoms with Crippen LogP contribution >= 0.6 is 0 Å². The molecule has 5 aliphatic carbocycles. The highest BCUT2D eigenvalue weighted by Gasteiger charge is 2.70. The zero-order valence-corrected chi connectivity index (χ0v) is 29.6. The number of benzene rings is 1. The normalized spacial score (nSPS) is 38.6. The Balaban J connectivity index is 1.14. The molecular formula is C42H56N2O3. The second-order valence-corrected chi connectivity index (χ2v) is 17.5. The average Bonchev–Trinajstić information content (AvgIpc) is 3.49. The Morgan fingerprint density at radius 3 is 2.32 bits per heavy atom. The van der Waals surface area contributed by atoms with Gasteiger partial charge in [0.1, 0.15) is 0 Å². The van der Waals surface area contributed by atoms with Crippen molar-refractivity contribution in [1.29, 1.82) is 0 Å². The number of carbonyl (C=O) groups excluding carboxylic acids is 1. The number of carbonyl (C=O) groups is 2. The van der Waals surface area contributed by atoms with E-state index in [4.69, 9.17) is 0 Å². The molecule has 0 aliphatic heterocycles. The molecule has 0 saturated heterocycles. The number of carboxylic acids is 1. The van der Waals surface area contributed by atoms with E-state index in [1.165, 1.54) is 56.1 Å². The lowest BCUT2D eigenvalue weighted by atomic mass is 9.32. The summed E-state index contributed by atoms with van der Waals surface area (Å²) in [6, 6.07) is 13.6. The predicted octanol–water partition coefficient (Wildman–Crippen LogP) is 9.33. The topological polar surface area (TPSA) is 70.5 Å². The summed E-state index contributed by atoms with van der Waals surface area (Å²) in [6.45, 7) is 13.6. The van der Waals surface area contributed by atoms with Crippen molar-refractivity contribution < 1.29 is 14.7 Å². The molecule has 8 atom stereocenters. The SMILES string of the molecule is CN(CCc1ccccn1)C(=O)C12CCCC1C1CCC3C4(C)CC=C(c5ccc(C(=O)O)cc5)C(C)(C)C4CCC3(C)[C@]1(C)CC2. The van der Waals surface area contributed by atoms with Crippen LogP contribution in [0.2, 0.25) is 0 Å². The maximum Gasteiger partial charge on any atom is 0.335 e. The molecule has 5 nitrogen and oxygen atoms in total. The third kappa shape index (κ3) is 4.71. The minimum Gasteiger partial charge on any atom is -0.478 e. The Labute approximate surface area is 282 Å². The van der Waals surface area contributed by atoms with E-state index in [2.05, 4.69) is 56.6 Å². The quantitative estimate of drug-likeness (QED) is 0.343. The van der Waals surface area contributed by atoms with Crippen LogP contribution in [-0.4, -0.2) is 40.5 Å². The first-order valence-corrected chi connectivity index (χ1v) is 18.5. The van der Waals surface area contributed by atoms with E-state index < -0.39 is 5.97 Å². The maximum atomic E-state index is 14.4. The molecule has 1 aromatic carbocycles. The number of nitrogens with zero attached hydrogens (tertiary/aromatic N) is 2. The van der Waals surface area contributed by atoms with Crippen LogP contribution in [0.5, 0.6) is 0 Å². The Hall–Kier alpha value is -2.95. The van der Waals surface area contributed by atoms with E-state index in [0.29, 0.717) is 35.1 Å². The molecule has 7 rings (SSSR count). The van der Waals surface area contributed by atoms with Crippen molar-refractivity contribution in [3.8, 4) is 0 Å². The minimum atomic E-state index is -0.869. The first-order chi connectivity index (χ1) is 22.3. The minimum absolute atomic E-state index is 0.0102. The van der Waals surface area contributed by atoms with E-state index >= 15 is 0 Å². The van der Waals surface area contributed by atoms with Crippen molar-refractivity contribution in [1.82, 2.24) is 9.88 Å². The molecule has 1 N–H and O–H groups in total. The number of fused-ring (bicyclic) bond motifs is 7. The third-order valence-corrected chi connectivity index (χ3v) is 15.6. The summed E-state index contributed by atoms with van der Waals surface area (Å²) in [6.07, 6.45) is 17.0. The highest BCUT2D eigenvalue weighted by molar-refractivity contribution is 5.88. The molecule has 1 amide bonds. The fourth-order valence-corrected chi connectivity index (χ4v) is 13.1. The molecule has 4 saturated carbocycles. The Kier molecular flexibility index (Phi) is 7.84. The van der Waals surface area contributed by atoms with Crippen LogP contribution in [0.3, 0.4) is 0 Å². The Bertz CT molecular complexity index is 1560. The van der Waals surface area contributed by atoms with Gasteiger partial charge in [0.2, 0.25) is 5.91 Å². The highest BCUT2D eigenvalue weighted by atomic mass is 16.4. The van der Waals surface area contributed by atoms with Crippen LogP contribution in [0, 0.1) is 50.7 Å². The summed E-state index contributed by atoms with van der Waals surface area (Å²) < 4.78 is 0. The summed E-state index contributed by atoms with van der Waals surface area (Å²) >= 11 is 0. The summed E-state index contributed by atoms with van der Waals surface area (Å²) in [5, 5.41) is 9.46. The van der Waals surface area contributed by atoms with Crippen LogP contribution in [-0.2, 0) is 11.2 Å². The van der Waals surface area contributed by atoms with Gasteiger partial charge in [0, 0.05) is 31.9 Å². The molecular weight excluding hydrogens is 580 g/mol. The van der Waals surface area contributed by atoms with E-state index in [0.717, 1.165) is 37.9 Å². The van der Waals surface area contributed by atoms with Crippen LogP contribution < -0.4 is 0 Å². The van der Waals surface area contributed by atoms with Crippen LogP contribution in [0.4, 0.5) is 0 Å². The number of likely N-dealkylation sites (N-methyl/N-ethyl adjacent to an activating group) is 1. The third-order valence-electron chi connectivity index (χ3n) is 15.6. The Morgan fingerprint density at radius 1 is 0.851 bits per heavy atom. The number of hydrogen-bond acceptors (Lipinski definition) is 3. The van der Waals surface area contributed by atoms with Crippen LogP contribution in [0.1, 0.15) is 120 Å². The molecule has 47 heavy (non-hydrogen) atoms. The molecule has 7 unspecified atom stereocenters. The number of amides is 1. The lowest BCUT2D eigenvalue weighted by Gasteiger charge is -2.72. The van der Waals surface area contributed by atoms with E-state index in [-0.39, 0.29) is 27.1 Å². The first kappa shape index (κ1) is 32.6. The van der Waals surface area contributed by atoms with Crippen LogP contribution in [0.25, 0.3) is 5.57 Å². The monoisotopic (exact) mass is 636 g/mol. The number of pyridine rings is 1. The number of rotatable bonds is 6. The number of aromatic nitrogens is 1. The van der Waals surface area contributed by atoms with Gasteiger partial charge in [-0.3, -0.25) is 9.78 Å². The molecule has 1 aromatic heterocycles.